The van der Waals surface area contributed by atoms with Gasteiger partial charge in [0.2, 0.25) is 0 Å². The highest BCUT2D eigenvalue weighted by Gasteiger charge is 2.13. The monoisotopic (exact) mass is 195 g/mol. The number of likely N-dealkylation sites (N-methyl/N-ethyl adjacent to an activating group) is 2. The standard InChI is InChI=1S/C6H17N3O2S/c1-4-9(12(7,10)11)6-5-8(2)3/h4-6H2,1-3H3,(H2,7,10,11). The fourth-order valence-corrected chi connectivity index (χ4v) is 1.47. The number of hydrogen-bond donors (Lipinski definition) is 1. The second kappa shape index (κ2) is 4.76. The molecular weight excluding hydrogens is 178 g/mol. The van der Waals surface area contributed by atoms with E-state index in [0.717, 1.165) is 0 Å². The number of nitrogens with two attached hydrogens (primary N) is 1. The van der Waals surface area contributed by atoms with Gasteiger partial charge in [0.05, 0.1) is 0 Å². The smallest absolute Gasteiger partial charge is 0.276 e. The maximum absolute atomic E-state index is 10.9. The van der Waals surface area contributed by atoms with Crippen LogP contribution in [0.1, 0.15) is 6.92 Å². The fourth-order valence-electron chi connectivity index (χ4n) is 0.777. The second-order valence-electron chi connectivity index (χ2n) is 2.84. The fraction of sp³-hybridized carbons (Fsp3) is 1.00. The summed E-state index contributed by atoms with van der Waals surface area (Å²) >= 11 is 0. The molecule has 0 heterocycles. The van der Waals surface area contributed by atoms with Crippen molar-refractivity contribution in [3.63, 3.8) is 0 Å². The van der Waals surface area contributed by atoms with Gasteiger partial charge in [-0.3, -0.25) is 0 Å². The Hall–Kier alpha value is -0.170. The van der Waals surface area contributed by atoms with Crippen LogP contribution in [0.5, 0.6) is 0 Å². The molecule has 0 radical (unpaired) electrons. The van der Waals surface area contributed by atoms with E-state index in [1.54, 1.807) is 6.92 Å². The molecule has 0 fully saturated rings. The zero-order valence-electron chi connectivity index (χ0n) is 7.82. The third kappa shape index (κ3) is 4.66. The van der Waals surface area contributed by atoms with E-state index in [0.29, 0.717) is 19.6 Å². The topological polar surface area (TPSA) is 66.6 Å². The third-order valence-electron chi connectivity index (χ3n) is 1.51. The average Bonchev–Trinajstić information content (AvgIpc) is 1.85. The van der Waals surface area contributed by atoms with Crippen molar-refractivity contribution >= 4 is 10.2 Å². The van der Waals surface area contributed by atoms with E-state index >= 15 is 0 Å². The summed E-state index contributed by atoms with van der Waals surface area (Å²) in [6.45, 7) is 3.32. The molecule has 0 aliphatic rings. The lowest BCUT2D eigenvalue weighted by Crippen LogP contribution is -2.40. The highest BCUT2D eigenvalue weighted by molar-refractivity contribution is 7.86. The van der Waals surface area contributed by atoms with Gasteiger partial charge in [0, 0.05) is 19.6 Å². The average molecular weight is 195 g/mol. The molecule has 0 amide bonds. The Morgan fingerprint density at radius 3 is 2.00 bits per heavy atom. The van der Waals surface area contributed by atoms with Crippen LogP contribution in [-0.2, 0) is 10.2 Å². The van der Waals surface area contributed by atoms with Crippen molar-refractivity contribution in [2.45, 2.75) is 6.92 Å². The summed E-state index contributed by atoms with van der Waals surface area (Å²) in [6, 6.07) is 0. The summed E-state index contributed by atoms with van der Waals surface area (Å²) in [5.74, 6) is 0. The molecule has 0 rings (SSSR count). The second-order valence-corrected chi connectivity index (χ2v) is 4.39. The lowest BCUT2D eigenvalue weighted by atomic mass is 10.5. The first-order valence-corrected chi connectivity index (χ1v) is 5.31. The van der Waals surface area contributed by atoms with E-state index in [1.165, 1.54) is 4.31 Å². The molecule has 0 saturated heterocycles. The van der Waals surface area contributed by atoms with Gasteiger partial charge in [0.1, 0.15) is 0 Å². The predicted octanol–water partition coefficient (Wildman–Crippen LogP) is -0.927. The minimum atomic E-state index is -3.50. The van der Waals surface area contributed by atoms with Crippen LogP contribution in [-0.4, -0.2) is 51.4 Å². The van der Waals surface area contributed by atoms with Gasteiger partial charge in [-0.05, 0) is 14.1 Å². The molecule has 0 bridgehead atoms. The van der Waals surface area contributed by atoms with Crippen LogP contribution in [0.15, 0.2) is 0 Å². The largest absolute Gasteiger partial charge is 0.308 e. The normalized spacial score (nSPS) is 12.8. The molecule has 0 aromatic rings. The minimum Gasteiger partial charge on any atom is -0.308 e. The molecule has 0 atom stereocenters. The van der Waals surface area contributed by atoms with Gasteiger partial charge >= 0.3 is 0 Å². The van der Waals surface area contributed by atoms with Gasteiger partial charge in [-0.1, -0.05) is 6.92 Å². The van der Waals surface area contributed by atoms with Crippen LogP contribution in [0.2, 0.25) is 0 Å². The van der Waals surface area contributed by atoms with Crippen molar-refractivity contribution in [1.82, 2.24) is 9.21 Å². The van der Waals surface area contributed by atoms with E-state index in [9.17, 15) is 8.42 Å². The molecule has 5 nitrogen and oxygen atoms in total. The molecule has 0 aromatic heterocycles. The molecule has 0 aromatic carbocycles. The van der Waals surface area contributed by atoms with E-state index in [4.69, 9.17) is 5.14 Å². The highest BCUT2D eigenvalue weighted by atomic mass is 32.2. The molecule has 6 heteroatoms. The molecule has 74 valence electrons. The molecular formula is C6H17N3O2S. The van der Waals surface area contributed by atoms with Crippen LogP contribution in [0.3, 0.4) is 0 Å². The third-order valence-corrected chi connectivity index (χ3v) is 2.67. The summed E-state index contributed by atoms with van der Waals surface area (Å²) in [6.07, 6.45) is 0. The van der Waals surface area contributed by atoms with Crippen molar-refractivity contribution in [3.8, 4) is 0 Å². The van der Waals surface area contributed by atoms with Crippen molar-refractivity contribution in [2.75, 3.05) is 33.7 Å². The first kappa shape index (κ1) is 11.8. The molecule has 0 aliphatic carbocycles. The van der Waals surface area contributed by atoms with Crippen LogP contribution in [0, 0.1) is 0 Å². The van der Waals surface area contributed by atoms with Gasteiger partial charge in [-0.2, -0.15) is 12.7 Å². The Kier molecular flexibility index (Phi) is 4.69. The Morgan fingerprint density at radius 1 is 1.25 bits per heavy atom. The van der Waals surface area contributed by atoms with Crippen LogP contribution >= 0.6 is 0 Å². The van der Waals surface area contributed by atoms with Crippen molar-refractivity contribution in [3.05, 3.63) is 0 Å². The Bertz CT molecular complexity index is 213. The lowest BCUT2D eigenvalue weighted by Gasteiger charge is -2.19. The van der Waals surface area contributed by atoms with Gasteiger partial charge in [-0.25, -0.2) is 5.14 Å². The van der Waals surface area contributed by atoms with Gasteiger partial charge in [0.15, 0.2) is 0 Å². The first-order chi connectivity index (χ1) is 5.38. The minimum absolute atomic E-state index is 0.423. The van der Waals surface area contributed by atoms with Gasteiger partial charge < -0.3 is 4.90 Å². The molecule has 0 unspecified atom stereocenters. The van der Waals surface area contributed by atoms with Crippen molar-refractivity contribution in [1.29, 1.82) is 0 Å². The molecule has 0 spiro atoms. The Morgan fingerprint density at radius 2 is 1.75 bits per heavy atom. The zero-order chi connectivity index (χ0) is 9.78. The maximum atomic E-state index is 10.9. The molecule has 0 aliphatic heterocycles. The van der Waals surface area contributed by atoms with Crippen molar-refractivity contribution in [2.24, 2.45) is 5.14 Å². The Balaban J connectivity index is 4.03. The van der Waals surface area contributed by atoms with Crippen LogP contribution < -0.4 is 5.14 Å². The van der Waals surface area contributed by atoms with Gasteiger partial charge in [0.25, 0.3) is 10.2 Å². The van der Waals surface area contributed by atoms with Gasteiger partial charge in [-0.15, -0.1) is 0 Å². The predicted molar refractivity (Wildman–Crippen MR) is 48.9 cm³/mol. The Labute approximate surface area is 74.3 Å². The zero-order valence-corrected chi connectivity index (χ0v) is 8.63. The van der Waals surface area contributed by atoms with E-state index in [2.05, 4.69) is 0 Å². The first-order valence-electron chi connectivity index (χ1n) is 3.80. The van der Waals surface area contributed by atoms with E-state index in [1.807, 2.05) is 19.0 Å². The van der Waals surface area contributed by atoms with Crippen molar-refractivity contribution < 1.29 is 8.42 Å². The SMILES string of the molecule is CCN(CCN(C)C)S(N)(=O)=O. The van der Waals surface area contributed by atoms with E-state index < -0.39 is 10.2 Å². The maximum Gasteiger partial charge on any atom is 0.276 e. The van der Waals surface area contributed by atoms with Crippen LogP contribution in [0.25, 0.3) is 0 Å². The summed E-state index contributed by atoms with van der Waals surface area (Å²) in [5, 5.41) is 4.96. The van der Waals surface area contributed by atoms with E-state index in [-0.39, 0.29) is 0 Å². The summed E-state index contributed by atoms with van der Waals surface area (Å²) in [7, 11) is 0.268. The summed E-state index contributed by atoms with van der Waals surface area (Å²) < 4.78 is 23.0. The summed E-state index contributed by atoms with van der Waals surface area (Å²) in [5.41, 5.74) is 0. The molecule has 12 heavy (non-hydrogen) atoms. The quantitative estimate of drug-likeness (QED) is 0.616. The highest BCUT2D eigenvalue weighted by Crippen LogP contribution is 1.93. The lowest BCUT2D eigenvalue weighted by molar-refractivity contribution is 0.340. The summed E-state index contributed by atoms with van der Waals surface area (Å²) in [4.78, 5) is 1.91. The van der Waals surface area contributed by atoms with Crippen LogP contribution in [0.4, 0.5) is 0 Å². The molecule has 2 N–H and O–H groups in total. The molecule has 0 saturated carbocycles. The number of hydrogen-bond acceptors (Lipinski definition) is 3. The number of nitrogens with zero attached hydrogens (tertiary/aromatic N) is 2. The number of rotatable bonds is 5.